The van der Waals surface area contributed by atoms with Gasteiger partial charge in [0.25, 0.3) is 5.91 Å². The van der Waals surface area contributed by atoms with E-state index in [4.69, 9.17) is 9.84 Å². The van der Waals surface area contributed by atoms with Gasteiger partial charge in [0.05, 0.1) is 23.9 Å². The SMILES string of the molecule is COc1ccc(NC(=O)c2ccc(=O)[nH]c2)c(C(=O)O)c1. The van der Waals surface area contributed by atoms with Gasteiger partial charge in [0.15, 0.2) is 0 Å². The van der Waals surface area contributed by atoms with Crippen molar-refractivity contribution in [1.82, 2.24) is 4.98 Å². The second kappa shape index (κ2) is 5.91. The maximum atomic E-state index is 12.0. The number of methoxy groups -OCH3 is 1. The molecule has 1 aromatic carbocycles. The Morgan fingerprint density at radius 2 is 2.00 bits per heavy atom. The van der Waals surface area contributed by atoms with E-state index in [1.807, 2.05) is 0 Å². The molecule has 2 rings (SSSR count). The van der Waals surface area contributed by atoms with Crippen molar-refractivity contribution in [3.05, 3.63) is 58.0 Å². The monoisotopic (exact) mass is 288 g/mol. The zero-order chi connectivity index (χ0) is 15.4. The highest BCUT2D eigenvalue weighted by molar-refractivity contribution is 6.07. The number of hydrogen-bond donors (Lipinski definition) is 3. The molecule has 0 aliphatic heterocycles. The minimum Gasteiger partial charge on any atom is -0.497 e. The second-order valence-corrected chi connectivity index (χ2v) is 4.11. The highest BCUT2D eigenvalue weighted by atomic mass is 16.5. The molecule has 21 heavy (non-hydrogen) atoms. The number of amides is 1. The van der Waals surface area contributed by atoms with Crippen LogP contribution in [0.25, 0.3) is 0 Å². The number of nitrogens with one attached hydrogen (secondary N) is 2. The van der Waals surface area contributed by atoms with Gasteiger partial charge in [-0.05, 0) is 24.3 Å². The van der Waals surface area contributed by atoms with E-state index in [9.17, 15) is 14.4 Å². The van der Waals surface area contributed by atoms with Crippen molar-refractivity contribution >= 4 is 17.6 Å². The molecule has 0 saturated carbocycles. The lowest BCUT2D eigenvalue weighted by Crippen LogP contribution is -2.16. The number of carboxylic acids is 1. The van der Waals surface area contributed by atoms with Crippen molar-refractivity contribution in [3.8, 4) is 5.75 Å². The number of aromatic carboxylic acids is 1. The highest BCUT2D eigenvalue weighted by Crippen LogP contribution is 2.22. The van der Waals surface area contributed by atoms with E-state index in [0.717, 1.165) is 0 Å². The van der Waals surface area contributed by atoms with Crippen LogP contribution in [-0.2, 0) is 0 Å². The molecule has 108 valence electrons. The molecule has 0 aliphatic rings. The largest absolute Gasteiger partial charge is 0.497 e. The Bertz CT molecular complexity index is 731. The number of pyridine rings is 1. The van der Waals surface area contributed by atoms with Crippen LogP contribution in [0.5, 0.6) is 5.75 Å². The smallest absolute Gasteiger partial charge is 0.337 e. The number of ether oxygens (including phenoxy) is 1. The molecule has 1 amide bonds. The number of aromatic nitrogens is 1. The van der Waals surface area contributed by atoms with E-state index in [1.54, 1.807) is 0 Å². The molecular formula is C14H12N2O5. The Morgan fingerprint density at radius 3 is 2.57 bits per heavy atom. The zero-order valence-corrected chi connectivity index (χ0v) is 11.0. The van der Waals surface area contributed by atoms with Crippen LogP contribution < -0.4 is 15.6 Å². The molecule has 7 nitrogen and oxygen atoms in total. The fraction of sp³-hybridized carbons (Fsp3) is 0.0714. The Kier molecular flexibility index (Phi) is 4.03. The molecule has 0 spiro atoms. The molecule has 0 saturated heterocycles. The summed E-state index contributed by atoms with van der Waals surface area (Å²) in [5, 5.41) is 11.6. The molecule has 0 unspecified atom stereocenters. The van der Waals surface area contributed by atoms with Gasteiger partial charge in [0.1, 0.15) is 5.75 Å². The fourth-order valence-corrected chi connectivity index (χ4v) is 1.68. The summed E-state index contributed by atoms with van der Waals surface area (Å²) in [5.41, 5.74) is -0.0735. The van der Waals surface area contributed by atoms with Gasteiger partial charge < -0.3 is 20.1 Å². The first-order valence-electron chi connectivity index (χ1n) is 5.92. The van der Waals surface area contributed by atoms with E-state index in [2.05, 4.69) is 10.3 Å². The number of H-pyrrole nitrogens is 1. The summed E-state index contributed by atoms with van der Waals surface area (Å²) in [6.45, 7) is 0. The summed E-state index contributed by atoms with van der Waals surface area (Å²) in [6, 6.07) is 6.84. The molecule has 2 aromatic rings. The molecule has 1 heterocycles. The van der Waals surface area contributed by atoms with E-state index in [-0.39, 0.29) is 22.4 Å². The van der Waals surface area contributed by atoms with Gasteiger partial charge in [0.2, 0.25) is 5.56 Å². The first-order valence-corrected chi connectivity index (χ1v) is 5.92. The summed E-state index contributed by atoms with van der Waals surface area (Å²) in [4.78, 5) is 36.5. The average molecular weight is 288 g/mol. The van der Waals surface area contributed by atoms with Crippen LogP contribution in [-0.4, -0.2) is 29.1 Å². The lowest BCUT2D eigenvalue weighted by Gasteiger charge is -2.10. The summed E-state index contributed by atoms with van der Waals surface area (Å²) in [5.74, 6) is -1.35. The van der Waals surface area contributed by atoms with Gasteiger partial charge in [-0.1, -0.05) is 0 Å². The van der Waals surface area contributed by atoms with Crippen LogP contribution in [0.1, 0.15) is 20.7 Å². The van der Waals surface area contributed by atoms with Crippen molar-refractivity contribution in [1.29, 1.82) is 0 Å². The molecular weight excluding hydrogens is 276 g/mol. The highest BCUT2D eigenvalue weighted by Gasteiger charge is 2.14. The van der Waals surface area contributed by atoms with Gasteiger partial charge in [-0.25, -0.2) is 4.79 Å². The lowest BCUT2D eigenvalue weighted by molar-refractivity contribution is 0.0697. The molecule has 0 radical (unpaired) electrons. The number of carbonyl (C=O) groups excluding carboxylic acids is 1. The fourth-order valence-electron chi connectivity index (χ4n) is 1.68. The second-order valence-electron chi connectivity index (χ2n) is 4.11. The van der Waals surface area contributed by atoms with Crippen molar-refractivity contribution in [2.24, 2.45) is 0 Å². The lowest BCUT2D eigenvalue weighted by atomic mass is 10.1. The predicted molar refractivity (Wildman–Crippen MR) is 75.0 cm³/mol. The van der Waals surface area contributed by atoms with Crippen LogP contribution in [0.2, 0.25) is 0 Å². The third-order valence-corrected chi connectivity index (χ3v) is 2.75. The number of aromatic amines is 1. The van der Waals surface area contributed by atoms with Gasteiger partial charge in [-0.2, -0.15) is 0 Å². The third-order valence-electron chi connectivity index (χ3n) is 2.75. The number of carbonyl (C=O) groups is 2. The van der Waals surface area contributed by atoms with E-state index in [0.29, 0.717) is 5.75 Å². The number of carboxylic acid groups (broad SMARTS) is 1. The van der Waals surface area contributed by atoms with Crippen molar-refractivity contribution in [2.75, 3.05) is 12.4 Å². The number of benzene rings is 1. The first-order chi connectivity index (χ1) is 10.0. The molecule has 3 N–H and O–H groups in total. The summed E-state index contributed by atoms with van der Waals surface area (Å²) in [7, 11) is 1.42. The standard InChI is InChI=1S/C14H12N2O5/c1-21-9-3-4-11(10(6-9)14(19)20)16-13(18)8-2-5-12(17)15-7-8/h2-7H,1H3,(H,15,17)(H,16,18)(H,19,20). The number of anilines is 1. The minimum atomic E-state index is -1.19. The van der Waals surface area contributed by atoms with E-state index < -0.39 is 11.9 Å². The van der Waals surface area contributed by atoms with Crippen LogP contribution in [0.4, 0.5) is 5.69 Å². The molecule has 0 atom stereocenters. The summed E-state index contributed by atoms with van der Waals surface area (Å²) in [6.07, 6.45) is 1.25. The van der Waals surface area contributed by atoms with Crippen molar-refractivity contribution in [2.45, 2.75) is 0 Å². The Labute approximate surface area is 119 Å². The predicted octanol–water partition coefficient (Wildman–Crippen LogP) is 1.33. The maximum absolute atomic E-state index is 12.0. The summed E-state index contributed by atoms with van der Waals surface area (Å²) < 4.78 is 4.95. The molecule has 1 aromatic heterocycles. The third kappa shape index (κ3) is 3.27. The van der Waals surface area contributed by atoms with E-state index in [1.165, 1.54) is 43.6 Å². The van der Waals surface area contributed by atoms with Gasteiger partial charge in [-0.3, -0.25) is 9.59 Å². The molecule has 0 aliphatic carbocycles. The van der Waals surface area contributed by atoms with Crippen LogP contribution in [0.3, 0.4) is 0 Å². The van der Waals surface area contributed by atoms with Crippen molar-refractivity contribution in [3.63, 3.8) is 0 Å². The van der Waals surface area contributed by atoms with Gasteiger partial charge in [0, 0.05) is 12.3 Å². The normalized spacial score (nSPS) is 9.95. The van der Waals surface area contributed by atoms with Crippen molar-refractivity contribution < 1.29 is 19.4 Å². The van der Waals surface area contributed by atoms with Crippen LogP contribution >= 0.6 is 0 Å². The quantitative estimate of drug-likeness (QED) is 0.786. The topological polar surface area (TPSA) is 108 Å². The average Bonchev–Trinajstić information content (AvgIpc) is 2.48. The number of hydrogen-bond acceptors (Lipinski definition) is 4. The number of rotatable bonds is 4. The maximum Gasteiger partial charge on any atom is 0.337 e. The Morgan fingerprint density at radius 1 is 1.24 bits per heavy atom. The Balaban J connectivity index is 2.30. The zero-order valence-electron chi connectivity index (χ0n) is 11.0. The van der Waals surface area contributed by atoms with Gasteiger partial charge in [-0.15, -0.1) is 0 Å². The van der Waals surface area contributed by atoms with Crippen LogP contribution in [0.15, 0.2) is 41.3 Å². The van der Waals surface area contributed by atoms with Crippen LogP contribution in [0, 0.1) is 0 Å². The Hall–Kier alpha value is -3.09. The summed E-state index contributed by atoms with van der Waals surface area (Å²) >= 11 is 0. The molecule has 0 bridgehead atoms. The van der Waals surface area contributed by atoms with Gasteiger partial charge >= 0.3 is 5.97 Å². The molecule has 7 heteroatoms. The minimum absolute atomic E-state index is 0.0906. The van der Waals surface area contributed by atoms with E-state index >= 15 is 0 Å². The first kappa shape index (κ1) is 14.3. The molecule has 0 fully saturated rings.